The van der Waals surface area contributed by atoms with E-state index in [-0.39, 0.29) is 5.91 Å². The fourth-order valence-electron chi connectivity index (χ4n) is 2.84. The molecule has 6 heteroatoms. The first-order valence-corrected chi connectivity index (χ1v) is 9.45. The quantitative estimate of drug-likeness (QED) is 0.524. The number of benzene rings is 2. The van der Waals surface area contributed by atoms with E-state index in [0.717, 1.165) is 22.8 Å². The molecule has 0 saturated heterocycles. The molecule has 0 radical (unpaired) electrons. The van der Waals surface area contributed by atoms with Crippen LogP contribution in [0.4, 0.5) is 0 Å². The molecule has 0 bridgehead atoms. The zero-order valence-corrected chi connectivity index (χ0v) is 16.6. The van der Waals surface area contributed by atoms with Gasteiger partial charge in [-0.25, -0.2) is 0 Å². The number of carbonyl (C=O) groups is 1. The molecule has 6 nitrogen and oxygen atoms in total. The Morgan fingerprint density at radius 3 is 2.41 bits per heavy atom. The van der Waals surface area contributed by atoms with Gasteiger partial charge in [0.2, 0.25) is 5.91 Å². The summed E-state index contributed by atoms with van der Waals surface area (Å²) in [6.45, 7) is 0.792. The number of carbonyl (C=O) groups excluding carboxylic acids is 1. The normalized spacial score (nSPS) is 10.4. The van der Waals surface area contributed by atoms with Gasteiger partial charge in [0.05, 0.1) is 20.8 Å². The molecule has 152 valence electrons. The Morgan fingerprint density at radius 2 is 1.69 bits per heavy atom. The second-order valence-electron chi connectivity index (χ2n) is 6.34. The lowest BCUT2D eigenvalue weighted by molar-refractivity contribution is -0.121. The first-order valence-electron chi connectivity index (χ1n) is 9.45. The Morgan fingerprint density at radius 1 is 0.931 bits per heavy atom. The number of hydrogen-bond acceptors (Lipinski definition) is 5. The first-order chi connectivity index (χ1) is 14.2. The third kappa shape index (κ3) is 5.78. The van der Waals surface area contributed by atoms with E-state index >= 15 is 0 Å². The Bertz CT molecular complexity index is 917. The van der Waals surface area contributed by atoms with Crippen LogP contribution in [0, 0.1) is 0 Å². The van der Waals surface area contributed by atoms with E-state index in [4.69, 9.17) is 18.6 Å². The van der Waals surface area contributed by atoms with Gasteiger partial charge in [0, 0.05) is 18.4 Å². The number of methoxy groups -OCH3 is 2. The maximum atomic E-state index is 12.1. The van der Waals surface area contributed by atoms with Gasteiger partial charge >= 0.3 is 0 Å². The van der Waals surface area contributed by atoms with E-state index in [1.54, 1.807) is 14.2 Å². The Kier molecular flexibility index (Phi) is 7.16. The number of hydrogen-bond donors (Lipinski definition) is 1. The predicted octanol–water partition coefficient (Wildman–Crippen LogP) is 4.09. The van der Waals surface area contributed by atoms with Crippen molar-refractivity contribution < 1.29 is 23.4 Å². The van der Waals surface area contributed by atoms with E-state index in [0.29, 0.717) is 37.5 Å². The van der Waals surface area contributed by atoms with Crippen molar-refractivity contribution in [2.75, 3.05) is 27.4 Å². The molecule has 0 aliphatic heterocycles. The minimum Gasteiger partial charge on any atom is -0.497 e. The zero-order chi connectivity index (χ0) is 20.5. The summed E-state index contributed by atoms with van der Waals surface area (Å²) in [7, 11) is 3.23. The minimum absolute atomic E-state index is 0.0453. The van der Waals surface area contributed by atoms with Crippen molar-refractivity contribution in [2.45, 2.75) is 12.8 Å². The van der Waals surface area contributed by atoms with Crippen molar-refractivity contribution in [3.8, 4) is 28.6 Å². The van der Waals surface area contributed by atoms with Crippen molar-refractivity contribution in [1.29, 1.82) is 0 Å². The van der Waals surface area contributed by atoms with Gasteiger partial charge in [-0.1, -0.05) is 12.1 Å². The van der Waals surface area contributed by atoms with Gasteiger partial charge in [-0.05, 0) is 48.5 Å². The monoisotopic (exact) mass is 395 g/mol. The molecule has 1 N–H and O–H groups in total. The summed E-state index contributed by atoms with van der Waals surface area (Å²) in [5.41, 5.74) is 0.968. The molecule has 0 aliphatic carbocycles. The maximum absolute atomic E-state index is 12.1. The van der Waals surface area contributed by atoms with E-state index in [9.17, 15) is 4.79 Å². The van der Waals surface area contributed by atoms with Crippen LogP contribution in [-0.2, 0) is 11.2 Å². The summed E-state index contributed by atoms with van der Waals surface area (Å²) < 4.78 is 21.9. The largest absolute Gasteiger partial charge is 0.497 e. The summed E-state index contributed by atoms with van der Waals surface area (Å²) in [6, 6.07) is 18.9. The third-order valence-corrected chi connectivity index (χ3v) is 4.39. The molecule has 0 spiro atoms. The molecule has 0 saturated carbocycles. The number of aryl methyl sites for hydroxylation is 1. The standard InChI is InChI=1S/C23H25NO5/c1-26-18-9-7-17(8-10-18)20-13-11-19(29-20)12-14-23(25)24-15-16-28-22-6-4-3-5-21(22)27-2/h3-11,13H,12,14-16H2,1-2H3,(H,24,25). The summed E-state index contributed by atoms with van der Waals surface area (Å²) in [6.07, 6.45) is 0.888. The van der Waals surface area contributed by atoms with Crippen LogP contribution in [0.15, 0.2) is 65.1 Å². The summed E-state index contributed by atoms with van der Waals surface area (Å²) >= 11 is 0. The highest BCUT2D eigenvalue weighted by atomic mass is 16.5. The van der Waals surface area contributed by atoms with E-state index in [1.807, 2.05) is 60.7 Å². The van der Waals surface area contributed by atoms with Crippen LogP contribution in [0.2, 0.25) is 0 Å². The van der Waals surface area contributed by atoms with E-state index in [2.05, 4.69) is 5.32 Å². The summed E-state index contributed by atoms with van der Waals surface area (Å²) in [4.78, 5) is 12.1. The number of amides is 1. The molecular weight excluding hydrogens is 370 g/mol. The molecular formula is C23H25NO5. The van der Waals surface area contributed by atoms with E-state index < -0.39 is 0 Å². The molecule has 0 aliphatic rings. The Balaban J connectivity index is 1.40. The highest BCUT2D eigenvalue weighted by molar-refractivity contribution is 5.76. The second kappa shape index (κ2) is 10.2. The molecule has 0 fully saturated rings. The van der Waals surface area contributed by atoms with Crippen LogP contribution in [0.5, 0.6) is 17.2 Å². The van der Waals surface area contributed by atoms with Crippen molar-refractivity contribution in [3.63, 3.8) is 0 Å². The van der Waals surface area contributed by atoms with Crippen molar-refractivity contribution in [2.24, 2.45) is 0 Å². The van der Waals surface area contributed by atoms with Gasteiger partial charge in [0.15, 0.2) is 11.5 Å². The predicted molar refractivity (Wildman–Crippen MR) is 111 cm³/mol. The van der Waals surface area contributed by atoms with Crippen LogP contribution in [0.1, 0.15) is 12.2 Å². The van der Waals surface area contributed by atoms with Gasteiger partial charge in [-0.2, -0.15) is 0 Å². The van der Waals surface area contributed by atoms with Crippen LogP contribution in [0.25, 0.3) is 11.3 Å². The molecule has 0 unspecified atom stereocenters. The SMILES string of the molecule is COc1ccc(-c2ccc(CCC(=O)NCCOc3ccccc3OC)o2)cc1. The molecule has 1 amide bonds. The Labute approximate surface area is 170 Å². The number of nitrogens with one attached hydrogen (secondary N) is 1. The highest BCUT2D eigenvalue weighted by Crippen LogP contribution is 2.26. The Hall–Kier alpha value is -3.41. The van der Waals surface area contributed by atoms with Gasteiger partial charge in [0.1, 0.15) is 23.9 Å². The topological polar surface area (TPSA) is 69.9 Å². The van der Waals surface area contributed by atoms with Gasteiger partial charge in [-0.3, -0.25) is 4.79 Å². The number of rotatable bonds is 10. The highest BCUT2D eigenvalue weighted by Gasteiger charge is 2.08. The number of para-hydroxylation sites is 2. The number of ether oxygens (including phenoxy) is 3. The maximum Gasteiger partial charge on any atom is 0.220 e. The van der Waals surface area contributed by atoms with Crippen molar-refractivity contribution in [3.05, 3.63) is 66.4 Å². The fraction of sp³-hybridized carbons (Fsp3) is 0.261. The molecule has 0 atom stereocenters. The second-order valence-corrected chi connectivity index (χ2v) is 6.34. The summed E-state index contributed by atoms with van der Waals surface area (Å²) in [5.74, 6) is 3.63. The zero-order valence-electron chi connectivity index (χ0n) is 16.6. The van der Waals surface area contributed by atoms with Crippen LogP contribution >= 0.6 is 0 Å². The molecule has 1 heterocycles. The van der Waals surface area contributed by atoms with Gasteiger partial charge in [-0.15, -0.1) is 0 Å². The molecule has 29 heavy (non-hydrogen) atoms. The molecule has 1 aromatic heterocycles. The van der Waals surface area contributed by atoms with Crippen molar-refractivity contribution in [1.82, 2.24) is 5.32 Å². The molecule has 3 rings (SSSR count). The molecule has 2 aromatic carbocycles. The minimum atomic E-state index is -0.0453. The van der Waals surface area contributed by atoms with Crippen LogP contribution in [-0.4, -0.2) is 33.3 Å². The lowest BCUT2D eigenvalue weighted by Gasteiger charge is -2.10. The average Bonchev–Trinajstić information content (AvgIpc) is 3.24. The van der Waals surface area contributed by atoms with Crippen molar-refractivity contribution >= 4 is 5.91 Å². The fourth-order valence-corrected chi connectivity index (χ4v) is 2.84. The average molecular weight is 395 g/mol. The first kappa shape index (κ1) is 20.3. The van der Waals surface area contributed by atoms with Crippen LogP contribution in [0.3, 0.4) is 0 Å². The van der Waals surface area contributed by atoms with Gasteiger partial charge < -0.3 is 23.9 Å². The number of furan rings is 1. The third-order valence-electron chi connectivity index (χ3n) is 4.39. The lowest BCUT2D eigenvalue weighted by Crippen LogP contribution is -2.28. The lowest BCUT2D eigenvalue weighted by atomic mass is 10.2. The van der Waals surface area contributed by atoms with Gasteiger partial charge in [0.25, 0.3) is 0 Å². The van der Waals surface area contributed by atoms with Crippen LogP contribution < -0.4 is 19.5 Å². The molecule has 3 aromatic rings. The van der Waals surface area contributed by atoms with E-state index in [1.165, 1.54) is 0 Å². The smallest absolute Gasteiger partial charge is 0.220 e. The summed E-state index contributed by atoms with van der Waals surface area (Å²) in [5, 5.41) is 2.85.